The van der Waals surface area contributed by atoms with Crippen LogP contribution in [0, 0.1) is 0 Å². The Morgan fingerprint density at radius 3 is 2.92 bits per heavy atom. The zero-order valence-corrected chi connectivity index (χ0v) is 7.29. The lowest BCUT2D eigenvalue weighted by Gasteiger charge is -2.00. The van der Waals surface area contributed by atoms with Gasteiger partial charge >= 0.3 is 5.97 Å². The van der Waals surface area contributed by atoms with Crippen molar-refractivity contribution in [2.24, 2.45) is 5.73 Å². The third-order valence-corrected chi connectivity index (χ3v) is 1.64. The first-order valence-electron chi connectivity index (χ1n) is 3.97. The van der Waals surface area contributed by atoms with Gasteiger partial charge in [-0.2, -0.15) is 0 Å². The first-order chi connectivity index (χ1) is 5.65. The molecule has 2 N–H and O–H groups in total. The van der Waals surface area contributed by atoms with Gasteiger partial charge in [-0.25, -0.2) is 4.79 Å². The summed E-state index contributed by atoms with van der Waals surface area (Å²) in [5, 5.41) is 0. The van der Waals surface area contributed by atoms with Gasteiger partial charge in [-0.05, 0) is 13.8 Å². The van der Waals surface area contributed by atoms with Crippen molar-refractivity contribution in [2.75, 3.05) is 6.61 Å². The maximum Gasteiger partial charge on any atom is 0.339 e. The van der Waals surface area contributed by atoms with Gasteiger partial charge < -0.3 is 15.2 Å². The van der Waals surface area contributed by atoms with Crippen molar-refractivity contribution in [3.8, 4) is 0 Å². The molecule has 0 spiro atoms. The Labute approximate surface area is 71.3 Å². The van der Waals surface area contributed by atoms with Gasteiger partial charge in [-0.15, -0.1) is 0 Å². The second-order valence-electron chi connectivity index (χ2n) is 2.70. The van der Waals surface area contributed by atoms with Crippen LogP contribution in [0.3, 0.4) is 0 Å². The van der Waals surface area contributed by atoms with Crippen LogP contribution in [0.5, 0.6) is 0 Å². The van der Waals surface area contributed by atoms with Gasteiger partial charge in [-0.1, -0.05) is 0 Å². The molecule has 68 valence electrons. The summed E-state index contributed by atoms with van der Waals surface area (Å²) in [4.78, 5) is 11.2. The van der Waals surface area contributed by atoms with Crippen molar-refractivity contribution >= 4 is 5.97 Å². The second kappa shape index (κ2) is 3.47. The molecule has 1 aliphatic rings. The maximum atomic E-state index is 11.2. The van der Waals surface area contributed by atoms with E-state index in [1.165, 1.54) is 0 Å². The molecule has 0 amide bonds. The average molecular weight is 171 g/mol. The number of ether oxygens (including phenoxy) is 2. The Kier molecular flexibility index (Phi) is 2.58. The molecule has 4 heteroatoms. The molecule has 1 heterocycles. The Morgan fingerprint density at radius 1 is 1.83 bits per heavy atom. The van der Waals surface area contributed by atoms with Crippen LogP contribution in [-0.2, 0) is 14.3 Å². The Hall–Kier alpha value is -1.19. The maximum absolute atomic E-state index is 11.2. The Morgan fingerprint density at radius 2 is 2.50 bits per heavy atom. The lowest BCUT2D eigenvalue weighted by atomic mass is 10.1. The lowest BCUT2D eigenvalue weighted by Crippen LogP contribution is -2.10. The van der Waals surface area contributed by atoms with Gasteiger partial charge in [0.1, 0.15) is 11.7 Å². The number of esters is 1. The molecule has 0 fully saturated rings. The summed E-state index contributed by atoms with van der Waals surface area (Å²) in [6.07, 6.45) is 0.536. The van der Waals surface area contributed by atoms with E-state index in [1.807, 2.05) is 6.92 Å². The van der Waals surface area contributed by atoms with Crippen molar-refractivity contribution < 1.29 is 14.3 Å². The zero-order valence-electron chi connectivity index (χ0n) is 7.29. The summed E-state index contributed by atoms with van der Waals surface area (Å²) in [5.74, 6) is -0.152. The van der Waals surface area contributed by atoms with E-state index in [0.717, 1.165) is 0 Å². The fourth-order valence-electron chi connectivity index (χ4n) is 1.12. The van der Waals surface area contributed by atoms with E-state index in [9.17, 15) is 4.79 Å². The largest absolute Gasteiger partial charge is 0.476 e. The third-order valence-electron chi connectivity index (χ3n) is 1.64. The summed E-state index contributed by atoms with van der Waals surface area (Å²) in [7, 11) is 0. The molecule has 0 saturated carbocycles. The van der Waals surface area contributed by atoms with E-state index in [2.05, 4.69) is 0 Å². The first-order valence-corrected chi connectivity index (χ1v) is 3.97. The topological polar surface area (TPSA) is 61.5 Å². The van der Waals surface area contributed by atoms with Crippen molar-refractivity contribution in [1.82, 2.24) is 0 Å². The number of rotatable bonds is 2. The predicted octanol–water partition coefficient (Wildman–Crippen LogP) is 0.529. The molecule has 0 bridgehead atoms. The van der Waals surface area contributed by atoms with E-state index in [1.54, 1.807) is 6.92 Å². The normalized spacial score (nSPS) is 22.3. The van der Waals surface area contributed by atoms with Crippen molar-refractivity contribution in [3.05, 3.63) is 11.5 Å². The molecule has 4 nitrogen and oxygen atoms in total. The molecule has 1 rings (SSSR count). The molecule has 12 heavy (non-hydrogen) atoms. The van der Waals surface area contributed by atoms with Crippen molar-refractivity contribution in [1.29, 1.82) is 0 Å². The standard InChI is InChI=1S/C8H13NO3/c1-3-11-8(10)6-4-5(2)12-7(6)9/h5H,3-4,9H2,1-2H3. The molecule has 0 aromatic heterocycles. The molecule has 0 radical (unpaired) electrons. The number of carbonyl (C=O) groups excluding carboxylic acids is 1. The van der Waals surface area contributed by atoms with Crippen LogP contribution in [0.2, 0.25) is 0 Å². The molecule has 1 aliphatic heterocycles. The quantitative estimate of drug-likeness (QED) is 0.615. The Bertz CT molecular complexity index is 222. The Balaban J connectivity index is 2.62. The molecule has 0 aliphatic carbocycles. The van der Waals surface area contributed by atoms with Crippen LogP contribution in [0.25, 0.3) is 0 Å². The van der Waals surface area contributed by atoms with E-state index in [0.29, 0.717) is 18.6 Å². The average Bonchev–Trinajstić information content (AvgIpc) is 2.30. The van der Waals surface area contributed by atoms with Crippen LogP contribution in [0.4, 0.5) is 0 Å². The highest BCUT2D eigenvalue weighted by molar-refractivity contribution is 5.89. The van der Waals surface area contributed by atoms with E-state index >= 15 is 0 Å². The van der Waals surface area contributed by atoms with Gasteiger partial charge in [-0.3, -0.25) is 0 Å². The highest BCUT2D eigenvalue weighted by atomic mass is 16.5. The summed E-state index contributed by atoms with van der Waals surface area (Å²) in [6.45, 7) is 3.98. The fraction of sp³-hybridized carbons (Fsp3) is 0.625. The van der Waals surface area contributed by atoms with E-state index in [4.69, 9.17) is 15.2 Å². The zero-order chi connectivity index (χ0) is 9.14. The van der Waals surface area contributed by atoms with Gasteiger partial charge in [0.2, 0.25) is 0 Å². The summed E-state index contributed by atoms with van der Waals surface area (Å²) >= 11 is 0. The van der Waals surface area contributed by atoms with Crippen LogP contribution in [0.1, 0.15) is 20.3 Å². The minimum absolute atomic E-state index is 0.00981. The molecular weight excluding hydrogens is 158 g/mol. The molecule has 0 saturated heterocycles. The number of hydrogen-bond acceptors (Lipinski definition) is 4. The third kappa shape index (κ3) is 1.69. The first kappa shape index (κ1) is 8.90. The highest BCUT2D eigenvalue weighted by Crippen LogP contribution is 2.22. The second-order valence-corrected chi connectivity index (χ2v) is 2.70. The molecule has 1 unspecified atom stereocenters. The van der Waals surface area contributed by atoms with E-state index in [-0.39, 0.29) is 18.0 Å². The number of carbonyl (C=O) groups is 1. The van der Waals surface area contributed by atoms with Crippen molar-refractivity contribution in [2.45, 2.75) is 26.4 Å². The van der Waals surface area contributed by atoms with Crippen LogP contribution in [0.15, 0.2) is 11.5 Å². The minimum atomic E-state index is -0.362. The summed E-state index contributed by atoms with van der Waals surface area (Å²) < 4.78 is 9.89. The molecule has 1 atom stereocenters. The van der Waals surface area contributed by atoms with Crippen LogP contribution in [-0.4, -0.2) is 18.7 Å². The van der Waals surface area contributed by atoms with Crippen LogP contribution < -0.4 is 5.73 Å². The van der Waals surface area contributed by atoms with Crippen molar-refractivity contribution in [3.63, 3.8) is 0 Å². The van der Waals surface area contributed by atoms with Gasteiger partial charge in [0.05, 0.1) is 6.61 Å². The van der Waals surface area contributed by atoms with Gasteiger partial charge in [0, 0.05) is 6.42 Å². The van der Waals surface area contributed by atoms with E-state index < -0.39 is 0 Å². The monoisotopic (exact) mass is 171 g/mol. The molecule has 0 aromatic carbocycles. The number of hydrogen-bond donors (Lipinski definition) is 1. The smallest absolute Gasteiger partial charge is 0.339 e. The highest BCUT2D eigenvalue weighted by Gasteiger charge is 2.26. The molecular formula is C8H13NO3. The SMILES string of the molecule is CCOC(=O)C1=C(N)OC(C)C1. The lowest BCUT2D eigenvalue weighted by molar-refractivity contribution is -0.138. The van der Waals surface area contributed by atoms with Gasteiger partial charge in [0.25, 0.3) is 0 Å². The van der Waals surface area contributed by atoms with Gasteiger partial charge in [0.15, 0.2) is 5.88 Å². The number of nitrogens with two attached hydrogens (primary N) is 1. The summed E-state index contributed by atoms with van der Waals surface area (Å²) in [6, 6.07) is 0. The fourth-order valence-corrected chi connectivity index (χ4v) is 1.12. The minimum Gasteiger partial charge on any atom is -0.476 e. The molecule has 0 aromatic rings. The summed E-state index contributed by atoms with van der Waals surface area (Å²) in [5.41, 5.74) is 5.92. The predicted molar refractivity (Wildman–Crippen MR) is 43.0 cm³/mol. The van der Waals surface area contributed by atoms with Crippen LogP contribution >= 0.6 is 0 Å².